The Kier molecular flexibility index (Phi) is 3.49. The van der Waals surface area contributed by atoms with Crippen LogP contribution in [0.5, 0.6) is 0 Å². The van der Waals surface area contributed by atoms with Gasteiger partial charge < -0.3 is 10.0 Å². The van der Waals surface area contributed by atoms with Crippen molar-refractivity contribution < 1.29 is 5.11 Å². The van der Waals surface area contributed by atoms with Crippen LogP contribution in [0.15, 0.2) is 42.5 Å². The highest BCUT2D eigenvalue weighted by Gasteiger charge is 2.18. The van der Waals surface area contributed by atoms with E-state index in [0.29, 0.717) is 6.42 Å². The molecule has 3 rings (SSSR count). The Hall–Kier alpha value is -1.80. The van der Waals surface area contributed by atoms with Crippen LogP contribution in [0.1, 0.15) is 28.4 Å². The molecule has 1 atom stereocenters. The van der Waals surface area contributed by atoms with E-state index in [1.54, 1.807) is 0 Å². The standard InChI is InChI=1S/C18H21NO/c1-13-5-3-4-6-14(13)12-18(20)16-7-8-17-15(11-16)9-10-19(17)2/h3-8,11,18,20H,9-10,12H2,1-2H3. The molecule has 2 nitrogen and oxygen atoms in total. The lowest BCUT2D eigenvalue weighted by molar-refractivity contribution is 0.178. The minimum Gasteiger partial charge on any atom is -0.388 e. The van der Waals surface area contributed by atoms with Gasteiger partial charge in [-0.15, -0.1) is 0 Å². The molecule has 2 aromatic rings. The van der Waals surface area contributed by atoms with Crippen LogP contribution >= 0.6 is 0 Å². The first kappa shape index (κ1) is 13.2. The van der Waals surface area contributed by atoms with E-state index in [1.807, 2.05) is 12.1 Å². The smallest absolute Gasteiger partial charge is 0.0830 e. The molecule has 0 radical (unpaired) electrons. The molecule has 104 valence electrons. The quantitative estimate of drug-likeness (QED) is 0.922. The fourth-order valence-corrected chi connectivity index (χ4v) is 2.96. The summed E-state index contributed by atoms with van der Waals surface area (Å²) in [5.41, 5.74) is 6.15. The number of fused-ring (bicyclic) bond motifs is 1. The number of likely N-dealkylation sites (N-methyl/N-ethyl adjacent to an activating group) is 1. The summed E-state index contributed by atoms with van der Waals surface area (Å²) in [6, 6.07) is 14.6. The summed E-state index contributed by atoms with van der Waals surface area (Å²) in [5, 5.41) is 10.5. The van der Waals surface area contributed by atoms with E-state index in [-0.39, 0.29) is 0 Å². The van der Waals surface area contributed by atoms with Crippen LogP contribution < -0.4 is 4.90 Å². The van der Waals surface area contributed by atoms with Gasteiger partial charge in [0.05, 0.1) is 6.10 Å². The number of aliphatic hydroxyl groups is 1. The highest BCUT2D eigenvalue weighted by atomic mass is 16.3. The monoisotopic (exact) mass is 267 g/mol. The van der Waals surface area contributed by atoms with Crippen molar-refractivity contribution in [1.29, 1.82) is 0 Å². The third-order valence-corrected chi connectivity index (χ3v) is 4.29. The maximum Gasteiger partial charge on any atom is 0.0830 e. The molecule has 0 fully saturated rings. The molecule has 0 spiro atoms. The molecule has 0 aliphatic carbocycles. The minimum absolute atomic E-state index is 0.424. The minimum atomic E-state index is -0.424. The van der Waals surface area contributed by atoms with Gasteiger partial charge in [-0.25, -0.2) is 0 Å². The molecule has 1 aliphatic heterocycles. The summed E-state index contributed by atoms with van der Waals surface area (Å²) >= 11 is 0. The first-order valence-corrected chi connectivity index (χ1v) is 7.21. The van der Waals surface area contributed by atoms with Gasteiger partial charge in [-0.05, 0) is 41.7 Å². The highest BCUT2D eigenvalue weighted by Crippen LogP contribution is 2.30. The van der Waals surface area contributed by atoms with Gasteiger partial charge in [0.15, 0.2) is 0 Å². The van der Waals surface area contributed by atoms with Gasteiger partial charge in [-0.2, -0.15) is 0 Å². The Morgan fingerprint density at radius 3 is 2.80 bits per heavy atom. The SMILES string of the molecule is Cc1ccccc1CC(O)c1ccc2c(c1)CCN2C. The van der Waals surface area contributed by atoms with Gasteiger partial charge in [0, 0.05) is 25.7 Å². The number of aliphatic hydroxyl groups excluding tert-OH is 1. The van der Waals surface area contributed by atoms with Crippen LogP contribution in [-0.2, 0) is 12.8 Å². The van der Waals surface area contributed by atoms with Crippen LogP contribution in [-0.4, -0.2) is 18.7 Å². The number of hydrogen-bond donors (Lipinski definition) is 1. The van der Waals surface area contributed by atoms with Crippen molar-refractivity contribution in [2.24, 2.45) is 0 Å². The van der Waals surface area contributed by atoms with E-state index in [1.165, 1.54) is 22.4 Å². The molecule has 2 aromatic carbocycles. The first-order chi connectivity index (χ1) is 9.65. The number of benzene rings is 2. The lowest BCUT2D eigenvalue weighted by Gasteiger charge is -2.16. The van der Waals surface area contributed by atoms with Gasteiger partial charge in [0.2, 0.25) is 0 Å². The van der Waals surface area contributed by atoms with E-state index >= 15 is 0 Å². The fraction of sp³-hybridized carbons (Fsp3) is 0.333. The zero-order chi connectivity index (χ0) is 14.1. The number of anilines is 1. The van der Waals surface area contributed by atoms with Crippen LogP contribution in [0.3, 0.4) is 0 Å². The third-order valence-electron chi connectivity index (χ3n) is 4.29. The van der Waals surface area contributed by atoms with Crippen molar-refractivity contribution in [3.8, 4) is 0 Å². The molecule has 0 saturated carbocycles. The van der Waals surface area contributed by atoms with Crippen molar-refractivity contribution in [2.75, 3.05) is 18.5 Å². The zero-order valence-electron chi connectivity index (χ0n) is 12.1. The van der Waals surface area contributed by atoms with E-state index < -0.39 is 6.10 Å². The van der Waals surface area contributed by atoms with Crippen molar-refractivity contribution in [3.05, 3.63) is 64.7 Å². The Labute approximate surface area is 120 Å². The number of rotatable bonds is 3. The molecule has 1 unspecified atom stereocenters. The van der Waals surface area contributed by atoms with Gasteiger partial charge in [-0.1, -0.05) is 36.4 Å². The van der Waals surface area contributed by atoms with Crippen molar-refractivity contribution in [3.63, 3.8) is 0 Å². The summed E-state index contributed by atoms with van der Waals surface area (Å²) in [4.78, 5) is 2.27. The highest BCUT2D eigenvalue weighted by molar-refractivity contribution is 5.58. The molecule has 1 heterocycles. The summed E-state index contributed by atoms with van der Waals surface area (Å²) < 4.78 is 0. The van der Waals surface area contributed by atoms with Gasteiger partial charge in [-0.3, -0.25) is 0 Å². The van der Waals surface area contributed by atoms with E-state index in [4.69, 9.17) is 0 Å². The molecule has 20 heavy (non-hydrogen) atoms. The third kappa shape index (κ3) is 2.44. The Morgan fingerprint density at radius 1 is 1.20 bits per heavy atom. The second-order valence-electron chi connectivity index (χ2n) is 5.71. The Bertz CT molecular complexity index is 621. The van der Waals surface area contributed by atoms with Crippen LogP contribution in [0, 0.1) is 6.92 Å². The maximum absolute atomic E-state index is 10.5. The summed E-state index contributed by atoms with van der Waals surface area (Å²) in [6.45, 7) is 3.17. The van der Waals surface area contributed by atoms with Crippen molar-refractivity contribution in [2.45, 2.75) is 25.9 Å². The molecule has 0 saturated heterocycles. The summed E-state index contributed by atoms with van der Waals surface area (Å²) in [7, 11) is 2.12. The molecular weight excluding hydrogens is 246 g/mol. The molecule has 2 heteroatoms. The summed E-state index contributed by atoms with van der Waals surface area (Å²) in [6.07, 6.45) is 1.34. The van der Waals surface area contributed by atoms with Gasteiger partial charge >= 0.3 is 0 Å². The van der Waals surface area contributed by atoms with Crippen LogP contribution in [0.2, 0.25) is 0 Å². The molecule has 0 amide bonds. The maximum atomic E-state index is 10.5. The molecule has 1 N–H and O–H groups in total. The van der Waals surface area contributed by atoms with Crippen LogP contribution in [0.25, 0.3) is 0 Å². The van der Waals surface area contributed by atoms with Gasteiger partial charge in [0.25, 0.3) is 0 Å². The summed E-state index contributed by atoms with van der Waals surface area (Å²) in [5.74, 6) is 0. The average molecular weight is 267 g/mol. The first-order valence-electron chi connectivity index (χ1n) is 7.21. The number of aryl methyl sites for hydroxylation is 1. The lowest BCUT2D eigenvalue weighted by Crippen LogP contribution is -2.12. The molecule has 0 aromatic heterocycles. The number of hydrogen-bond acceptors (Lipinski definition) is 2. The second-order valence-corrected chi connectivity index (χ2v) is 5.71. The predicted molar refractivity (Wildman–Crippen MR) is 83.3 cm³/mol. The van der Waals surface area contributed by atoms with Crippen molar-refractivity contribution >= 4 is 5.69 Å². The van der Waals surface area contributed by atoms with E-state index in [9.17, 15) is 5.11 Å². The topological polar surface area (TPSA) is 23.5 Å². The van der Waals surface area contributed by atoms with E-state index in [0.717, 1.165) is 18.5 Å². The Morgan fingerprint density at radius 2 is 2.00 bits per heavy atom. The lowest BCUT2D eigenvalue weighted by atomic mass is 9.96. The molecule has 0 bridgehead atoms. The second kappa shape index (κ2) is 5.29. The fourth-order valence-electron chi connectivity index (χ4n) is 2.96. The van der Waals surface area contributed by atoms with Crippen molar-refractivity contribution in [1.82, 2.24) is 0 Å². The predicted octanol–water partition coefficient (Wildman–Crippen LogP) is 3.26. The van der Waals surface area contributed by atoms with Gasteiger partial charge in [0.1, 0.15) is 0 Å². The zero-order valence-corrected chi connectivity index (χ0v) is 12.1. The Balaban J connectivity index is 1.81. The molecular formula is C18H21NO. The van der Waals surface area contributed by atoms with E-state index in [2.05, 4.69) is 49.2 Å². The number of nitrogens with zero attached hydrogens (tertiary/aromatic N) is 1. The molecule has 1 aliphatic rings. The largest absolute Gasteiger partial charge is 0.388 e. The van der Waals surface area contributed by atoms with Crippen LogP contribution in [0.4, 0.5) is 5.69 Å². The normalized spacial score (nSPS) is 15.2. The average Bonchev–Trinajstić information content (AvgIpc) is 2.82.